The molecule has 310 valence electrons. The fourth-order valence-corrected chi connectivity index (χ4v) is 6.43. The number of nitrogens with zero attached hydrogens (tertiary/aromatic N) is 1. The van der Waals surface area contributed by atoms with Gasteiger partial charge in [0.25, 0.3) is 0 Å². The van der Waals surface area contributed by atoms with Gasteiger partial charge in [-0.1, -0.05) is 33.9 Å². The highest BCUT2D eigenvalue weighted by Gasteiger charge is 2.42. The largest absolute Gasteiger partial charge is 0.460 e. The van der Waals surface area contributed by atoms with Crippen molar-refractivity contribution in [2.24, 2.45) is 5.41 Å². The maximum Gasteiger partial charge on any atom is 0.330 e. The van der Waals surface area contributed by atoms with Crippen molar-refractivity contribution in [3.05, 3.63) is 25.3 Å². The Morgan fingerprint density at radius 2 is 1.04 bits per heavy atom. The Labute approximate surface area is 324 Å². The average Bonchev–Trinajstić information content (AvgIpc) is 3.02. The van der Waals surface area contributed by atoms with Crippen molar-refractivity contribution in [2.45, 2.75) is 182 Å². The molecule has 0 N–H and O–H groups in total. The van der Waals surface area contributed by atoms with Crippen LogP contribution in [0.5, 0.6) is 0 Å². The van der Waals surface area contributed by atoms with Gasteiger partial charge in [0.2, 0.25) is 0 Å². The third-order valence-electron chi connectivity index (χ3n) is 9.92. The quantitative estimate of drug-likeness (QED) is 0.0521. The van der Waals surface area contributed by atoms with Crippen LogP contribution < -0.4 is 0 Å². The molecule has 0 radical (unpaired) electrons. The summed E-state index contributed by atoms with van der Waals surface area (Å²) in [6.45, 7) is 41.1. The van der Waals surface area contributed by atoms with Crippen LogP contribution in [0, 0.1) is 5.41 Å². The SMILES string of the molecule is C=CC(=O)OC(C)(C)CCOC(C)(C)CC(CC)(COC(C)(C)CCOC(C)(C)C(=O)C=C)CC(C)(C)OCCC(C)(C)OC(=O)CCN(CC)CC. The van der Waals surface area contributed by atoms with E-state index in [0.29, 0.717) is 71.5 Å². The zero-order valence-electron chi connectivity index (χ0n) is 36.6. The van der Waals surface area contributed by atoms with Gasteiger partial charge in [0, 0.05) is 25.5 Å². The standard InChI is InChI=1S/C43H79NO9/c1-18-34(45)42(16,17)50-30-24-37(6,7)51-33-43(20-3,31-40(12,13)48-28-25-38(8,9)52-35(46)19-2)32-41(14,15)49-29-26-39(10,11)53-36(47)23-27-44(21-4)22-5/h18-19H,1-2,20-33H2,3-17H3. The molecule has 0 rings (SSSR count). The smallest absolute Gasteiger partial charge is 0.330 e. The second-order valence-corrected chi connectivity index (χ2v) is 18.0. The molecule has 0 bridgehead atoms. The topological polar surface area (TPSA) is 110 Å². The van der Waals surface area contributed by atoms with Gasteiger partial charge in [0.15, 0.2) is 5.78 Å². The van der Waals surface area contributed by atoms with Gasteiger partial charge >= 0.3 is 11.9 Å². The first-order chi connectivity index (χ1) is 24.1. The molecule has 1 unspecified atom stereocenters. The Hall–Kier alpha value is -2.11. The molecule has 0 aliphatic rings. The zero-order chi connectivity index (χ0) is 41.4. The molecule has 0 saturated carbocycles. The van der Waals surface area contributed by atoms with E-state index in [1.54, 1.807) is 13.8 Å². The summed E-state index contributed by atoms with van der Waals surface area (Å²) in [7, 11) is 0. The number of hydrogen-bond donors (Lipinski definition) is 0. The predicted molar refractivity (Wildman–Crippen MR) is 214 cm³/mol. The Morgan fingerprint density at radius 3 is 1.47 bits per heavy atom. The lowest BCUT2D eigenvalue weighted by Gasteiger charge is -2.45. The lowest BCUT2D eigenvalue weighted by atomic mass is 9.70. The van der Waals surface area contributed by atoms with E-state index in [4.69, 9.17) is 28.4 Å². The Balaban J connectivity index is 5.92. The van der Waals surface area contributed by atoms with E-state index >= 15 is 0 Å². The summed E-state index contributed by atoms with van der Waals surface area (Å²) in [6, 6.07) is 0. The first-order valence-electron chi connectivity index (χ1n) is 19.6. The Morgan fingerprint density at radius 1 is 0.585 bits per heavy atom. The summed E-state index contributed by atoms with van der Waals surface area (Å²) in [4.78, 5) is 38.9. The second-order valence-electron chi connectivity index (χ2n) is 18.0. The normalized spacial score (nSPS) is 14.5. The number of ether oxygens (including phenoxy) is 6. The van der Waals surface area contributed by atoms with Gasteiger partial charge in [-0.3, -0.25) is 9.59 Å². The molecule has 0 aliphatic heterocycles. The minimum atomic E-state index is -0.954. The summed E-state index contributed by atoms with van der Waals surface area (Å²) in [5.41, 5.74) is -4.29. The molecule has 0 aromatic carbocycles. The van der Waals surface area contributed by atoms with Crippen molar-refractivity contribution < 1.29 is 42.8 Å². The second kappa shape index (κ2) is 21.8. The fourth-order valence-electron chi connectivity index (χ4n) is 6.43. The highest BCUT2D eigenvalue weighted by Crippen LogP contribution is 2.43. The van der Waals surface area contributed by atoms with Crippen molar-refractivity contribution in [1.82, 2.24) is 4.90 Å². The number of carbonyl (C=O) groups excluding carboxylic acids is 3. The number of rotatable bonds is 30. The summed E-state index contributed by atoms with van der Waals surface area (Å²) < 4.78 is 37.2. The third-order valence-corrected chi connectivity index (χ3v) is 9.92. The van der Waals surface area contributed by atoms with Crippen molar-refractivity contribution in [3.63, 3.8) is 0 Å². The van der Waals surface area contributed by atoms with Crippen LogP contribution in [0.25, 0.3) is 0 Å². The van der Waals surface area contributed by atoms with Gasteiger partial charge in [0.1, 0.15) is 16.8 Å². The Bertz CT molecular complexity index is 1150. The van der Waals surface area contributed by atoms with Crippen LogP contribution in [0.15, 0.2) is 25.3 Å². The summed E-state index contributed by atoms with van der Waals surface area (Å²) in [5, 5.41) is 0. The average molecular weight is 754 g/mol. The van der Waals surface area contributed by atoms with E-state index in [1.807, 2.05) is 41.5 Å². The molecule has 0 spiro atoms. The third kappa shape index (κ3) is 21.5. The molecule has 0 heterocycles. The van der Waals surface area contributed by atoms with Crippen molar-refractivity contribution >= 4 is 17.7 Å². The lowest BCUT2D eigenvalue weighted by molar-refractivity contribution is -0.161. The summed E-state index contributed by atoms with van der Waals surface area (Å²) in [5.74, 6) is -0.819. The molecule has 0 saturated heterocycles. The monoisotopic (exact) mass is 754 g/mol. The van der Waals surface area contributed by atoms with Crippen LogP contribution in [0.3, 0.4) is 0 Å². The van der Waals surface area contributed by atoms with Gasteiger partial charge in [-0.05, 0) is 133 Å². The lowest BCUT2D eigenvalue weighted by Crippen LogP contribution is -2.45. The van der Waals surface area contributed by atoms with Crippen molar-refractivity contribution in [3.8, 4) is 0 Å². The zero-order valence-corrected chi connectivity index (χ0v) is 36.6. The molecule has 53 heavy (non-hydrogen) atoms. The fraction of sp³-hybridized carbons (Fsp3) is 0.837. The van der Waals surface area contributed by atoms with Gasteiger partial charge in [0.05, 0.1) is 49.7 Å². The molecule has 10 nitrogen and oxygen atoms in total. The van der Waals surface area contributed by atoms with Crippen LogP contribution in [0.1, 0.15) is 149 Å². The van der Waals surface area contributed by atoms with Gasteiger partial charge < -0.3 is 33.3 Å². The highest BCUT2D eigenvalue weighted by atomic mass is 16.6. The minimum Gasteiger partial charge on any atom is -0.460 e. The van der Waals surface area contributed by atoms with Gasteiger partial charge in [-0.15, -0.1) is 0 Å². The van der Waals surface area contributed by atoms with E-state index in [1.165, 1.54) is 12.2 Å². The van der Waals surface area contributed by atoms with Gasteiger partial charge in [-0.25, -0.2) is 4.79 Å². The number of carbonyl (C=O) groups is 3. The highest BCUT2D eigenvalue weighted by molar-refractivity contribution is 5.95. The maximum atomic E-state index is 12.6. The van der Waals surface area contributed by atoms with Crippen molar-refractivity contribution in [1.29, 1.82) is 0 Å². The molecule has 0 aliphatic carbocycles. The van der Waals surface area contributed by atoms with Crippen molar-refractivity contribution in [2.75, 3.05) is 46.1 Å². The predicted octanol–water partition coefficient (Wildman–Crippen LogP) is 8.83. The Kier molecular flexibility index (Phi) is 21.0. The van der Waals surface area contributed by atoms with E-state index in [0.717, 1.165) is 19.5 Å². The van der Waals surface area contributed by atoms with E-state index in [9.17, 15) is 14.4 Å². The van der Waals surface area contributed by atoms with Crippen LogP contribution in [0.2, 0.25) is 0 Å². The van der Waals surface area contributed by atoms with E-state index in [2.05, 4.69) is 66.5 Å². The van der Waals surface area contributed by atoms with Crippen LogP contribution in [-0.2, 0) is 42.8 Å². The van der Waals surface area contributed by atoms with Gasteiger partial charge in [-0.2, -0.15) is 0 Å². The molecule has 0 aromatic heterocycles. The van der Waals surface area contributed by atoms with Crippen LogP contribution in [-0.4, -0.2) is 102 Å². The number of hydrogen-bond acceptors (Lipinski definition) is 10. The van der Waals surface area contributed by atoms with Crippen LogP contribution >= 0.6 is 0 Å². The van der Waals surface area contributed by atoms with Crippen LogP contribution in [0.4, 0.5) is 0 Å². The molecular formula is C43H79NO9. The summed E-state index contributed by atoms with van der Waals surface area (Å²) in [6.07, 6.45) is 6.65. The molecule has 0 aromatic rings. The van der Waals surface area contributed by atoms with E-state index in [-0.39, 0.29) is 17.2 Å². The number of ketones is 1. The molecule has 0 amide bonds. The summed E-state index contributed by atoms with van der Waals surface area (Å²) >= 11 is 0. The first kappa shape index (κ1) is 50.9. The molecule has 10 heteroatoms. The molecular weight excluding hydrogens is 674 g/mol. The molecule has 1 atom stereocenters. The number of esters is 2. The molecule has 0 fully saturated rings. The van der Waals surface area contributed by atoms with E-state index < -0.39 is 39.6 Å². The first-order valence-corrected chi connectivity index (χ1v) is 19.6. The minimum absolute atomic E-state index is 0.162. The maximum absolute atomic E-state index is 12.6.